The first-order valence-corrected chi connectivity index (χ1v) is 8.79. The fraction of sp³-hybridized carbons (Fsp3) is 0.294. The summed E-state index contributed by atoms with van der Waals surface area (Å²) in [5, 5.41) is 16.1. The summed E-state index contributed by atoms with van der Waals surface area (Å²) >= 11 is 1.38. The molecule has 0 radical (unpaired) electrons. The van der Waals surface area contributed by atoms with E-state index in [0.29, 0.717) is 18.8 Å². The molecule has 0 aliphatic carbocycles. The van der Waals surface area contributed by atoms with Gasteiger partial charge in [0.1, 0.15) is 5.69 Å². The van der Waals surface area contributed by atoms with E-state index in [0.717, 1.165) is 12.1 Å². The Kier molecular flexibility index (Phi) is 4.05. The number of aliphatic hydroxyl groups excluding tert-OH is 1. The maximum atomic E-state index is 12.1. The number of β-amino-alcohol motifs (C(OH)–C–C–N with tert-alkyl or cyclic N) is 1. The van der Waals surface area contributed by atoms with Crippen LogP contribution in [0.3, 0.4) is 0 Å². The van der Waals surface area contributed by atoms with Gasteiger partial charge >= 0.3 is 0 Å². The summed E-state index contributed by atoms with van der Waals surface area (Å²) in [4.78, 5) is 21.5. The molecule has 1 aliphatic rings. The molecule has 2 aromatic heterocycles. The van der Waals surface area contributed by atoms with Gasteiger partial charge in [0.05, 0.1) is 17.7 Å². The van der Waals surface area contributed by atoms with Crippen LogP contribution < -0.4 is 5.32 Å². The molecule has 0 spiro atoms. The predicted octanol–water partition coefficient (Wildman–Crippen LogP) is 1.60. The van der Waals surface area contributed by atoms with Crippen LogP contribution in [0, 0.1) is 0 Å². The molecule has 1 amide bonds. The number of fused-ring (bicyclic) bond motifs is 1. The Bertz CT molecular complexity index is 845. The first kappa shape index (κ1) is 15.3. The van der Waals surface area contributed by atoms with Crippen LogP contribution in [0.15, 0.2) is 41.4 Å². The smallest absolute Gasteiger partial charge is 0.271 e. The normalized spacial score (nSPS) is 21.4. The van der Waals surface area contributed by atoms with Gasteiger partial charge in [-0.1, -0.05) is 12.1 Å². The number of nitrogens with one attached hydrogen (secondary N) is 2. The number of carbonyl (C=O) groups is 1. The molecule has 124 valence electrons. The Hall–Kier alpha value is -2.22. The van der Waals surface area contributed by atoms with Crippen LogP contribution in [0.5, 0.6) is 0 Å². The van der Waals surface area contributed by atoms with Gasteiger partial charge in [0, 0.05) is 42.1 Å². The number of aromatic nitrogens is 2. The van der Waals surface area contributed by atoms with E-state index in [1.54, 1.807) is 10.9 Å². The lowest BCUT2D eigenvalue weighted by Crippen LogP contribution is -2.42. The summed E-state index contributed by atoms with van der Waals surface area (Å²) in [5.41, 5.74) is 4.36. The molecular weight excluding hydrogens is 324 g/mol. The van der Waals surface area contributed by atoms with Crippen LogP contribution in [-0.4, -0.2) is 51.1 Å². The molecule has 7 heteroatoms. The Morgan fingerprint density at radius 3 is 3.17 bits per heavy atom. The molecule has 3 heterocycles. The highest BCUT2D eigenvalue weighted by Crippen LogP contribution is 2.21. The maximum Gasteiger partial charge on any atom is 0.271 e. The van der Waals surface area contributed by atoms with Crippen molar-refractivity contribution in [2.45, 2.75) is 18.7 Å². The molecule has 1 fully saturated rings. The summed E-state index contributed by atoms with van der Waals surface area (Å²) in [7, 11) is 0. The van der Waals surface area contributed by atoms with E-state index in [4.69, 9.17) is 0 Å². The zero-order chi connectivity index (χ0) is 16.5. The third-order valence-corrected chi connectivity index (χ3v) is 5.01. The molecule has 0 saturated carbocycles. The molecule has 24 heavy (non-hydrogen) atoms. The lowest BCUT2D eigenvalue weighted by atomic mass is 10.1. The van der Waals surface area contributed by atoms with Crippen LogP contribution in [0.2, 0.25) is 0 Å². The van der Waals surface area contributed by atoms with Crippen molar-refractivity contribution in [3.63, 3.8) is 0 Å². The van der Waals surface area contributed by atoms with Crippen LogP contribution in [-0.2, 0) is 6.54 Å². The van der Waals surface area contributed by atoms with E-state index < -0.39 is 6.10 Å². The van der Waals surface area contributed by atoms with Gasteiger partial charge in [0.25, 0.3) is 5.91 Å². The van der Waals surface area contributed by atoms with Gasteiger partial charge in [-0.25, -0.2) is 4.98 Å². The average Bonchev–Trinajstić information content (AvgIpc) is 3.29. The Labute approximate surface area is 143 Å². The molecule has 1 aliphatic heterocycles. The standard InChI is InChI=1S/C17H18N4O2S/c22-16-8-21(6-11-2-1-3-13-12(11)4-5-18-13)7-14(16)20-17(23)15-9-24-10-19-15/h1-5,9-10,14,16,18,22H,6-8H2,(H,20,23)/t14-,16-/m1/s1. The molecule has 0 bridgehead atoms. The SMILES string of the molecule is O=C(N[C@@H]1CN(Cc2cccc3[nH]ccc23)C[C@H]1O)c1cscn1. The number of H-pyrrole nitrogens is 1. The number of rotatable bonds is 4. The van der Waals surface area contributed by atoms with Crippen molar-refractivity contribution in [1.29, 1.82) is 0 Å². The summed E-state index contributed by atoms with van der Waals surface area (Å²) in [6, 6.07) is 7.98. The van der Waals surface area contributed by atoms with Crippen molar-refractivity contribution >= 4 is 28.1 Å². The molecule has 1 aromatic carbocycles. The van der Waals surface area contributed by atoms with E-state index in [-0.39, 0.29) is 11.9 Å². The van der Waals surface area contributed by atoms with Gasteiger partial charge in [-0.15, -0.1) is 11.3 Å². The second-order valence-corrected chi connectivity index (χ2v) is 6.79. The Balaban J connectivity index is 1.43. The van der Waals surface area contributed by atoms with Crippen molar-refractivity contribution in [2.24, 2.45) is 0 Å². The van der Waals surface area contributed by atoms with Gasteiger partial charge in [-0.2, -0.15) is 0 Å². The lowest BCUT2D eigenvalue weighted by Gasteiger charge is -2.17. The number of carbonyl (C=O) groups excluding carboxylic acids is 1. The molecule has 4 rings (SSSR count). The minimum absolute atomic E-state index is 0.227. The summed E-state index contributed by atoms with van der Waals surface area (Å²) in [5.74, 6) is -0.227. The highest BCUT2D eigenvalue weighted by Gasteiger charge is 2.32. The van der Waals surface area contributed by atoms with Crippen molar-refractivity contribution in [1.82, 2.24) is 20.2 Å². The number of hydrogen-bond donors (Lipinski definition) is 3. The van der Waals surface area contributed by atoms with Crippen molar-refractivity contribution in [2.75, 3.05) is 13.1 Å². The fourth-order valence-corrected chi connectivity index (χ4v) is 3.77. The zero-order valence-corrected chi connectivity index (χ0v) is 13.8. The van der Waals surface area contributed by atoms with Gasteiger partial charge in [0.15, 0.2) is 0 Å². The number of benzene rings is 1. The molecule has 6 nitrogen and oxygen atoms in total. The lowest BCUT2D eigenvalue weighted by molar-refractivity contribution is 0.0884. The largest absolute Gasteiger partial charge is 0.390 e. The van der Waals surface area contributed by atoms with Crippen molar-refractivity contribution in [3.8, 4) is 0 Å². The highest BCUT2D eigenvalue weighted by molar-refractivity contribution is 7.07. The molecule has 2 atom stereocenters. The van der Waals surface area contributed by atoms with Crippen molar-refractivity contribution < 1.29 is 9.90 Å². The number of aliphatic hydroxyl groups is 1. The van der Waals surface area contributed by atoms with Crippen molar-refractivity contribution in [3.05, 3.63) is 52.6 Å². The second kappa shape index (κ2) is 6.35. The maximum absolute atomic E-state index is 12.1. The number of likely N-dealkylation sites (tertiary alicyclic amines) is 1. The highest BCUT2D eigenvalue weighted by atomic mass is 32.1. The van der Waals surface area contributed by atoms with E-state index in [1.807, 2.05) is 12.3 Å². The van der Waals surface area contributed by atoms with Gasteiger partial charge < -0.3 is 15.4 Å². The first-order valence-electron chi connectivity index (χ1n) is 7.85. The number of aromatic amines is 1. The fourth-order valence-electron chi connectivity index (χ4n) is 3.23. The molecular formula is C17H18N4O2S. The minimum Gasteiger partial charge on any atom is -0.390 e. The van der Waals surface area contributed by atoms with Gasteiger partial charge in [-0.3, -0.25) is 9.69 Å². The third-order valence-electron chi connectivity index (χ3n) is 4.43. The van der Waals surface area contributed by atoms with E-state index in [2.05, 4.69) is 38.4 Å². The summed E-state index contributed by atoms with van der Waals surface area (Å²) in [6.45, 7) is 1.91. The Morgan fingerprint density at radius 2 is 2.33 bits per heavy atom. The molecule has 1 saturated heterocycles. The topological polar surface area (TPSA) is 81.2 Å². The predicted molar refractivity (Wildman–Crippen MR) is 93.0 cm³/mol. The number of thiazole rings is 1. The summed E-state index contributed by atoms with van der Waals surface area (Å²) in [6.07, 6.45) is 1.36. The second-order valence-electron chi connectivity index (χ2n) is 6.07. The van der Waals surface area contributed by atoms with E-state index >= 15 is 0 Å². The van der Waals surface area contributed by atoms with Crippen LogP contribution in [0.4, 0.5) is 0 Å². The zero-order valence-electron chi connectivity index (χ0n) is 13.0. The quantitative estimate of drug-likeness (QED) is 0.673. The Morgan fingerprint density at radius 1 is 1.42 bits per heavy atom. The van der Waals surface area contributed by atoms with Crippen LogP contribution in [0.1, 0.15) is 16.1 Å². The third kappa shape index (κ3) is 2.93. The van der Waals surface area contributed by atoms with Crippen LogP contribution in [0.25, 0.3) is 10.9 Å². The number of hydrogen-bond acceptors (Lipinski definition) is 5. The minimum atomic E-state index is -0.571. The van der Waals surface area contributed by atoms with E-state index in [1.165, 1.54) is 22.3 Å². The van der Waals surface area contributed by atoms with Gasteiger partial charge in [-0.05, 0) is 17.7 Å². The summed E-state index contributed by atoms with van der Waals surface area (Å²) < 4.78 is 0. The van der Waals surface area contributed by atoms with E-state index in [9.17, 15) is 9.90 Å². The molecule has 3 aromatic rings. The molecule has 3 N–H and O–H groups in total. The first-order chi connectivity index (χ1) is 11.7. The molecule has 0 unspecified atom stereocenters. The van der Waals surface area contributed by atoms with Crippen LogP contribution >= 0.6 is 11.3 Å². The number of nitrogens with zero attached hydrogens (tertiary/aromatic N) is 2. The monoisotopic (exact) mass is 342 g/mol. The number of amides is 1. The average molecular weight is 342 g/mol. The van der Waals surface area contributed by atoms with Gasteiger partial charge in [0.2, 0.25) is 0 Å².